The highest BCUT2D eigenvalue weighted by atomic mass is 32.2. The van der Waals surface area contributed by atoms with Gasteiger partial charge in [0.25, 0.3) is 0 Å². The number of hydrogen-bond acceptors (Lipinski definition) is 8. The lowest BCUT2D eigenvalue weighted by molar-refractivity contribution is -0.114. The van der Waals surface area contributed by atoms with Gasteiger partial charge in [-0.1, -0.05) is 12.1 Å². The minimum atomic E-state index is -3.49. The molecule has 0 saturated carbocycles. The molecule has 3 heterocycles. The fourth-order valence-electron chi connectivity index (χ4n) is 3.19. The van der Waals surface area contributed by atoms with Gasteiger partial charge in [-0.05, 0) is 30.7 Å². The van der Waals surface area contributed by atoms with Gasteiger partial charge < -0.3 is 20.1 Å². The van der Waals surface area contributed by atoms with Crippen LogP contribution in [0, 0.1) is 6.92 Å². The van der Waals surface area contributed by atoms with Crippen LogP contribution in [0.3, 0.4) is 0 Å². The molecule has 0 bridgehead atoms. The quantitative estimate of drug-likeness (QED) is 0.620. The molecule has 3 aromatic rings. The molecule has 0 unspecified atom stereocenters. The Labute approximate surface area is 179 Å². The first-order chi connectivity index (χ1) is 14.7. The highest BCUT2D eigenvalue weighted by Crippen LogP contribution is 2.44. The van der Waals surface area contributed by atoms with E-state index in [1.54, 1.807) is 31.3 Å². The summed E-state index contributed by atoms with van der Waals surface area (Å²) in [6.45, 7) is 3.29. The fraction of sp³-hybridized carbons (Fsp3) is 0.190. The molecule has 0 spiro atoms. The number of ether oxygens (including phenoxy) is 2. The highest BCUT2D eigenvalue weighted by molar-refractivity contribution is 7.90. The van der Waals surface area contributed by atoms with E-state index in [-0.39, 0.29) is 17.7 Å². The zero-order chi connectivity index (χ0) is 22.2. The maximum atomic E-state index is 12.0. The fourth-order valence-corrected chi connectivity index (χ4v) is 3.86. The molecule has 1 aromatic carbocycles. The van der Waals surface area contributed by atoms with Crippen molar-refractivity contribution in [2.75, 3.05) is 23.7 Å². The monoisotopic (exact) mass is 440 g/mol. The molecule has 2 N–H and O–H groups in total. The van der Waals surface area contributed by atoms with Gasteiger partial charge in [-0.15, -0.1) is 0 Å². The summed E-state index contributed by atoms with van der Waals surface area (Å²) in [6, 6.07) is 10.4. The van der Waals surface area contributed by atoms with E-state index in [1.807, 2.05) is 12.1 Å². The largest absolute Gasteiger partial charge is 0.454 e. The van der Waals surface area contributed by atoms with Crippen molar-refractivity contribution in [2.24, 2.45) is 0 Å². The molecule has 31 heavy (non-hydrogen) atoms. The second-order valence-corrected chi connectivity index (χ2v) is 9.06. The van der Waals surface area contributed by atoms with E-state index in [0.717, 1.165) is 17.4 Å². The molecule has 9 nitrogen and oxygen atoms in total. The number of para-hydroxylation sites is 1. The zero-order valence-corrected chi connectivity index (χ0v) is 17.9. The number of sulfone groups is 1. The second kappa shape index (κ2) is 7.88. The van der Waals surface area contributed by atoms with Gasteiger partial charge in [-0.3, -0.25) is 4.79 Å². The molecular formula is C21H20N4O5S. The summed E-state index contributed by atoms with van der Waals surface area (Å²) >= 11 is 0. The molecule has 0 fully saturated rings. The molecule has 0 saturated heterocycles. The molecule has 0 radical (unpaired) electrons. The van der Waals surface area contributed by atoms with Crippen molar-refractivity contribution < 1.29 is 22.7 Å². The smallest absolute Gasteiger partial charge is 0.231 e. The molecule has 0 aliphatic carbocycles. The first kappa shape index (κ1) is 20.6. The van der Waals surface area contributed by atoms with E-state index < -0.39 is 9.84 Å². The van der Waals surface area contributed by atoms with Crippen molar-refractivity contribution in [3.8, 4) is 22.6 Å². The van der Waals surface area contributed by atoms with E-state index in [0.29, 0.717) is 34.4 Å². The van der Waals surface area contributed by atoms with E-state index in [4.69, 9.17) is 9.47 Å². The van der Waals surface area contributed by atoms with Crippen LogP contribution in [0.25, 0.3) is 11.1 Å². The number of rotatable bonds is 5. The Balaban J connectivity index is 1.84. The van der Waals surface area contributed by atoms with Crippen LogP contribution in [-0.4, -0.2) is 37.3 Å². The zero-order valence-electron chi connectivity index (χ0n) is 17.1. The number of hydrogen-bond donors (Lipinski definition) is 2. The third-order valence-electron chi connectivity index (χ3n) is 4.48. The number of anilines is 3. The number of amides is 1. The number of carbonyl (C=O) groups excluding carboxylic acids is 1. The SMILES string of the molecule is CC(=O)Nc1cc(Nc2cc(C)cc(S(C)(=O)=O)n2)c(-c2cccc3c2OCO3)cn1. The molecular weight excluding hydrogens is 420 g/mol. The molecule has 1 aliphatic rings. The van der Waals surface area contributed by atoms with E-state index >= 15 is 0 Å². The number of benzene rings is 1. The Morgan fingerprint density at radius 2 is 1.90 bits per heavy atom. The third-order valence-corrected chi connectivity index (χ3v) is 5.45. The van der Waals surface area contributed by atoms with E-state index in [9.17, 15) is 13.2 Å². The van der Waals surface area contributed by atoms with Crippen molar-refractivity contribution in [2.45, 2.75) is 18.9 Å². The maximum Gasteiger partial charge on any atom is 0.231 e. The lowest BCUT2D eigenvalue weighted by atomic mass is 10.0. The first-order valence-electron chi connectivity index (χ1n) is 9.33. The number of pyridine rings is 2. The number of nitrogens with one attached hydrogen (secondary N) is 2. The van der Waals surface area contributed by atoms with Gasteiger partial charge in [0.2, 0.25) is 12.7 Å². The van der Waals surface area contributed by atoms with E-state index in [1.165, 1.54) is 13.0 Å². The number of nitrogens with zero attached hydrogens (tertiary/aromatic N) is 2. The van der Waals surface area contributed by atoms with Gasteiger partial charge in [0.05, 0.1) is 5.69 Å². The molecule has 0 atom stereocenters. The predicted octanol–water partition coefficient (Wildman–Crippen LogP) is 3.29. The molecule has 4 rings (SSSR count). The first-order valence-corrected chi connectivity index (χ1v) is 11.2. The highest BCUT2D eigenvalue weighted by Gasteiger charge is 2.21. The summed E-state index contributed by atoms with van der Waals surface area (Å²) in [6.07, 6.45) is 2.70. The van der Waals surface area contributed by atoms with Crippen LogP contribution in [0.5, 0.6) is 11.5 Å². The Bertz CT molecular complexity index is 1290. The summed E-state index contributed by atoms with van der Waals surface area (Å²) < 4.78 is 35.1. The van der Waals surface area contributed by atoms with E-state index in [2.05, 4.69) is 20.6 Å². The standard InChI is InChI=1S/C21H20N4O5S/c1-12-7-19(25-20(8-12)31(3,27)28)24-16-9-18(23-13(2)26)22-10-15(16)14-5-4-6-17-21(14)30-11-29-17/h4-10H,11H2,1-3H3,(H2,22,23,24,25,26). The summed E-state index contributed by atoms with van der Waals surface area (Å²) in [4.78, 5) is 20.1. The van der Waals surface area contributed by atoms with Gasteiger partial charge >= 0.3 is 0 Å². The summed E-state index contributed by atoms with van der Waals surface area (Å²) in [5.41, 5.74) is 2.68. The van der Waals surface area contributed by atoms with Gasteiger partial charge in [0.15, 0.2) is 26.4 Å². The van der Waals surface area contributed by atoms with Crippen molar-refractivity contribution in [3.05, 3.63) is 48.2 Å². The number of fused-ring (bicyclic) bond motifs is 1. The maximum absolute atomic E-state index is 12.0. The Kier molecular flexibility index (Phi) is 5.24. The van der Waals surface area contributed by atoms with Crippen molar-refractivity contribution in [1.82, 2.24) is 9.97 Å². The number of aryl methyl sites for hydroxylation is 1. The van der Waals surface area contributed by atoms with Crippen molar-refractivity contribution in [3.63, 3.8) is 0 Å². The van der Waals surface area contributed by atoms with Crippen LogP contribution in [0.1, 0.15) is 12.5 Å². The predicted molar refractivity (Wildman–Crippen MR) is 115 cm³/mol. The topological polar surface area (TPSA) is 120 Å². The van der Waals surface area contributed by atoms with Gasteiger partial charge in [-0.2, -0.15) is 0 Å². The molecule has 160 valence electrons. The molecule has 1 aliphatic heterocycles. The number of carbonyl (C=O) groups is 1. The molecule has 2 aromatic heterocycles. The van der Waals surface area contributed by atoms with Crippen LogP contribution in [0.15, 0.2) is 47.6 Å². The van der Waals surface area contributed by atoms with Crippen molar-refractivity contribution >= 4 is 33.1 Å². The average molecular weight is 440 g/mol. The molecule has 10 heteroatoms. The lowest BCUT2D eigenvalue weighted by Crippen LogP contribution is -2.09. The normalized spacial score (nSPS) is 12.5. The minimum Gasteiger partial charge on any atom is -0.454 e. The van der Waals surface area contributed by atoms with Crippen LogP contribution >= 0.6 is 0 Å². The second-order valence-electron chi connectivity index (χ2n) is 7.10. The van der Waals surface area contributed by atoms with Crippen molar-refractivity contribution in [1.29, 1.82) is 0 Å². The van der Waals surface area contributed by atoms with Gasteiger partial charge in [-0.25, -0.2) is 18.4 Å². The van der Waals surface area contributed by atoms with Crippen LogP contribution in [0.4, 0.5) is 17.3 Å². The summed E-state index contributed by atoms with van der Waals surface area (Å²) in [5.74, 6) is 1.60. The van der Waals surface area contributed by atoms with Crippen LogP contribution < -0.4 is 20.1 Å². The minimum absolute atomic E-state index is 0.0370. The molecule has 1 amide bonds. The summed E-state index contributed by atoms with van der Waals surface area (Å²) in [5, 5.41) is 5.78. The average Bonchev–Trinajstić information content (AvgIpc) is 3.16. The lowest BCUT2D eigenvalue weighted by Gasteiger charge is -2.15. The van der Waals surface area contributed by atoms with Crippen LogP contribution in [-0.2, 0) is 14.6 Å². The Hall–Kier alpha value is -3.66. The number of aromatic nitrogens is 2. The Morgan fingerprint density at radius 3 is 2.65 bits per heavy atom. The summed E-state index contributed by atoms with van der Waals surface area (Å²) in [7, 11) is -3.49. The Morgan fingerprint density at radius 1 is 1.10 bits per heavy atom. The van der Waals surface area contributed by atoms with Gasteiger partial charge in [0.1, 0.15) is 11.6 Å². The van der Waals surface area contributed by atoms with Crippen LogP contribution in [0.2, 0.25) is 0 Å². The third kappa shape index (κ3) is 4.43. The van der Waals surface area contributed by atoms with Gasteiger partial charge in [0, 0.05) is 36.6 Å².